The van der Waals surface area contributed by atoms with Crippen LogP contribution in [0.1, 0.15) is 19.4 Å². The summed E-state index contributed by atoms with van der Waals surface area (Å²) in [4.78, 5) is 5.02. The van der Waals surface area contributed by atoms with Gasteiger partial charge in [0.15, 0.2) is 11.5 Å². The topological polar surface area (TPSA) is 34.2 Å². The van der Waals surface area contributed by atoms with Crippen LogP contribution in [0.4, 0.5) is 0 Å². The van der Waals surface area contributed by atoms with Gasteiger partial charge in [-0.05, 0) is 12.0 Å². The third-order valence-electron chi connectivity index (χ3n) is 4.27. The lowest BCUT2D eigenvalue weighted by atomic mass is 10.1. The monoisotopic (exact) mass is 322 g/mol. The molecular weight excluding hydrogens is 292 g/mol. The van der Waals surface area contributed by atoms with Crippen molar-refractivity contribution >= 4 is 0 Å². The average Bonchev–Trinajstić information content (AvgIpc) is 2.55. The first-order valence-electron chi connectivity index (χ1n) is 8.31. The summed E-state index contributed by atoms with van der Waals surface area (Å²) in [6.07, 6.45) is 0. The van der Waals surface area contributed by atoms with Crippen LogP contribution in [-0.2, 0) is 6.54 Å². The molecular formula is C18H30N2O3. The molecule has 0 radical (unpaired) electrons. The molecule has 23 heavy (non-hydrogen) atoms. The summed E-state index contributed by atoms with van der Waals surface area (Å²) in [5, 5.41) is 0. The van der Waals surface area contributed by atoms with Crippen LogP contribution in [-0.4, -0.2) is 63.9 Å². The second-order valence-corrected chi connectivity index (χ2v) is 6.46. The van der Waals surface area contributed by atoms with Gasteiger partial charge in [-0.25, -0.2) is 0 Å². The summed E-state index contributed by atoms with van der Waals surface area (Å²) in [6.45, 7) is 11.1. The Bertz CT molecular complexity index is 497. The Labute approximate surface area is 140 Å². The first-order chi connectivity index (χ1) is 11.1. The molecule has 1 saturated heterocycles. The summed E-state index contributed by atoms with van der Waals surface area (Å²) in [6, 6.07) is 4.02. The molecule has 0 spiro atoms. The molecule has 5 nitrogen and oxygen atoms in total. The SMILES string of the molecule is COc1ccc(CN2CCN(CC(C)C)CC2)c(OC)c1OC. The Hall–Kier alpha value is -1.46. The van der Waals surface area contributed by atoms with Crippen molar-refractivity contribution in [3.63, 3.8) is 0 Å². The second-order valence-electron chi connectivity index (χ2n) is 6.46. The van der Waals surface area contributed by atoms with E-state index < -0.39 is 0 Å². The van der Waals surface area contributed by atoms with Gasteiger partial charge in [0.2, 0.25) is 5.75 Å². The zero-order valence-electron chi connectivity index (χ0n) is 15.1. The highest BCUT2D eigenvalue weighted by molar-refractivity contribution is 5.55. The Kier molecular flexibility index (Phi) is 6.54. The summed E-state index contributed by atoms with van der Waals surface area (Å²) >= 11 is 0. The van der Waals surface area contributed by atoms with Gasteiger partial charge in [0.05, 0.1) is 21.3 Å². The van der Waals surface area contributed by atoms with E-state index in [-0.39, 0.29) is 0 Å². The quantitative estimate of drug-likeness (QED) is 0.770. The molecule has 0 aliphatic carbocycles. The van der Waals surface area contributed by atoms with Crippen molar-refractivity contribution in [1.82, 2.24) is 9.80 Å². The van der Waals surface area contributed by atoms with Gasteiger partial charge >= 0.3 is 0 Å². The zero-order chi connectivity index (χ0) is 16.8. The van der Waals surface area contributed by atoms with Gasteiger partial charge < -0.3 is 19.1 Å². The predicted octanol–water partition coefficient (Wildman–Crippen LogP) is 2.49. The fraction of sp³-hybridized carbons (Fsp3) is 0.667. The van der Waals surface area contributed by atoms with Gasteiger partial charge in [-0.2, -0.15) is 0 Å². The van der Waals surface area contributed by atoms with E-state index in [1.165, 1.54) is 6.54 Å². The van der Waals surface area contributed by atoms with E-state index in [0.29, 0.717) is 11.5 Å². The maximum Gasteiger partial charge on any atom is 0.203 e. The van der Waals surface area contributed by atoms with E-state index in [1.807, 2.05) is 6.07 Å². The lowest BCUT2D eigenvalue weighted by Gasteiger charge is -2.35. The van der Waals surface area contributed by atoms with E-state index in [4.69, 9.17) is 14.2 Å². The van der Waals surface area contributed by atoms with Gasteiger partial charge in [-0.1, -0.05) is 19.9 Å². The molecule has 0 N–H and O–H groups in total. The number of hydrogen-bond acceptors (Lipinski definition) is 5. The van der Waals surface area contributed by atoms with Crippen LogP contribution >= 0.6 is 0 Å². The molecule has 1 aliphatic heterocycles. The van der Waals surface area contributed by atoms with Crippen molar-refractivity contribution in [2.75, 3.05) is 54.1 Å². The molecule has 1 heterocycles. The zero-order valence-corrected chi connectivity index (χ0v) is 15.1. The molecule has 0 bridgehead atoms. The molecule has 5 heteroatoms. The van der Waals surface area contributed by atoms with Gasteiger partial charge in [0.25, 0.3) is 0 Å². The predicted molar refractivity (Wildman–Crippen MR) is 92.7 cm³/mol. The van der Waals surface area contributed by atoms with Crippen molar-refractivity contribution in [2.24, 2.45) is 5.92 Å². The minimum Gasteiger partial charge on any atom is -0.493 e. The van der Waals surface area contributed by atoms with Gasteiger partial charge in [-0.15, -0.1) is 0 Å². The third kappa shape index (κ3) is 4.52. The molecule has 2 rings (SSSR count). The first-order valence-corrected chi connectivity index (χ1v) is 8.31. The highest BCUT2D eigenvalue weighted by atomic mass is 16.5. The van der Waals surface area contributed by atoms with Crippen LogP contribution in [0.3, 0.4) is 0 Å². The van der Waals surface area contributed by atoms with Crippen molar-refractivity contribution < 1.29 is 14.2 Å². The lowest BCUT2D eigenvalue weighted by Crippen LogP contribution is -2.46. The van der Waals surface area contributed by atoms with Crippen molar-refractivity contribution in [3.8, 4) is 17.2 Å². The molecule has 0 unspecified atom stereocenters. The number of methoxy groups -OCH3 is 3. The maximum absolute atomic E-state index is 5.58. The summed E-state index contributed by atoms with van der Waals surface area (Å²) in [7, 11) is 4.97. The van der Waals surface area contributed by atoms with Gasteiger partial charge in [0, 0.05) is 44.8 Å². The first kappa shape index (κ1) is 17.9. The van der Waals surface area contributed by atoms with Crippen LogP contribution in [0, 0.1) is 5.92 Å². The largest absolute Gasteiger partial charge is 0.493 e. The number of nitrogens with zero attached hydrogens (tertiary/aromatic N) is 2. The van der Waals surface area contributed by atoms with Crippen molar-refractivity contribution in [1.29, 1.82) is 0 Å². The standard InChI is InChI=1S/C18H30N2O3/c1-14(2)12-19-8-10-20(11-9-19)13-15-6-7-16(21-3)18(23-5)17(15)22-4/h6-7,14H,8-13H2,1-5H3. The van der Waals surface area contributed by atoms with Crippen LogP contribution in [0.25, 0.3) is 0 Å². The van der Waals surface area contributed by atoms with E-state index in [0.717, 1.165) is 50.0 Å². The molecule has 0 atom stereocenters. The molecule has 1 aromatic carbocycles. The number of piperazine rings is 1. The molecule has 130 valence electrons. The van der Waals surface area contributed by atoms with Gasteiger partial charge in [0.1, 0.15) is 0 Å². The molecule has 0 amide bonds. The maximum atomic E-state index is 5.58. The van der Waals surface area contributed by atoms with Crippen LogP contribution in [0.5, 0.6) is 17.2 Å². The third-order valence-corrected chi connectivity index (χ3v) is 4.27. The molecule has 1 aromatic rings. The number of benzene rings is 1. The highest BCUT2D eigenvalue weighted by Crippen LogP contribution is 2.40. The number of hydrogen-bond donors (Lipinski definition) is 0. The van der Waals surface area contributed by atoms with E-state index in [2.05, 4.69) is 29.7 Å². The second kappa shape index (κ2) is 8.41. The number of rotatable bonds is 7. The van der Waals surface area contributed by atoms with Crippen molar-refractivity contribution in [2.45, 2.75) is 20.4 Å². The summed E-state index contributed by atoms with van der Waals surface area (Å²) in [5.41, 5.74) is 1.14. The normalized spacial score (nSPS) is 16.6. The highest BCUT2D eigenvalue weighted by Gasteiger charge is 2.21. The fourth-order valence-corrected chi connectivity index (χ4v) is 3.17. The molecule has 0 saturated carbocycles. The fourth-order valence-electron chi connectivity index (χ4n) is 3.17. The molecule has 1 fully saturated rings. The van der Waals surface area contributed by atoms with Crippen LogP contribution < -0.4 is 14.2 Å². The Morgan fingerprint density at radius 1 is 0.870 bits per heavy atom. The Morgan fingerprint density at radius 3 is 2.00 bits per heavy atom. The lowest BCUT2D eigenvalue weighted by molar-refractivity contribution is 0.116. The average molecular weight is 322 g/mol. The number of ether oxygens (including phenoxy) is 3. The minimum atomic E-state index is 0.672. The van der Waals surface area contributed by atoms with E-state index in [1.54, 1.807) is 21.3 Å². The molecule has 0 aromatic heterocycles. The minimum absolute atomic E-state index is 0.672. The van der Waals surface area contributed by atoms with E-state index in [9.17, 15) is 0 Å². The smallest absolute Gasteiger partial charge is 0.203 e. The summed E-state index contributed by atoms with van der Waals surface area (Å²) < 4.78 is 16.4. The molecule has 1 aliphatic rings. The van der Waals surface area contributed by atoms with Gasteiger partial charge in [-0.3, -0.25) is 4.90 Å². The Balaban J connectivity index is 2.04. The van der Waals surface area contributed by atoms with Crippen LogP contribution in [0.15, 0.2) is 12.1 Å². The Morgan fingerprint density at radius 2 is 1.48 bits per heavy atom. The summed E-state index contributed by atoms with van der Waals surface area (Å²) in [5.74, 6) is 2.88. The van der Waals surface area contributed by atoms with Crippen molar-refractivity contribution in [3.05, 3.63) is 17.7 Å². The van der Waals surface area contributed by atoms with Crippen LogP contribution in [0.2, 0.25) is 0 Å². The van der Waals surface area contributed by atoms with E-state index >= 15 is 0 Å².